The molecule has 0 saturated carbocycles. The van der Waals surface area contributed by atoms with Crippen molar-refractivity contribution < 1.29 is 22.4 Å². The number of alkyl halides is 3. The van der Waals surface area contributed by atoms with Gasteiger partial charge in [-0.15, -0.1) is 0 Å². The van der Waals surface area contributed by atoms with Crippen LogP contribution in [0.3, 0.4) is 0 Å². The maximum atomic E-state index is 13.7. The third-order valence-electron chi connectivity index (χ3n) is 3.80. The van der Waals surface area contributed by atoms with Gasteiger partial charge in [-0.25, -0.2) is 9.37 Å². The lowest BCUT2D eigenvalue weighted by atomic mass is 10.1. The van der Waals surface area contributed by atoms with Crippen LogP contribution in [-0.4, -0.2) is 20.7 Å². The second-order valence-electron chi connectivity index (χ2n) is 5.90. The first-order valence-electron chi connectivity index (χ1n) is 7.83. The van der Waals surface area contributed by atoms with Crippen LogP contribution in [0.5, 0.6) is 0 Å². The van der Waals surface area contributed by atoms with E-state index in [-0.39, 0.29) is 17.2 Å². The highest BCUT2D eigenvalue weighted by molar-refractivity contribution is 6.04. The first-order valence-corrected chi connectivity index (χ1v) is 7.83. The molecule has 0 radical (unpaired) electrons. The number of rotatable bonds is 3. The third-order valence-corrected chi connectivity index (χ3v) is 3.80. The molecule has 3 aromatic rings. The van der Waals surface area contributed by atoms with Gasteiger partial charge in [-0.05, 0) is 43.7 Å². The van der Waals surface area contributed by atoms with Crippen molar-refractivity contribution in [3.05, 3.63) is 70.8 Å². The maximum absolute atomic E-state index is 13.7. The molecule has 1 amide bonds. The predicted octanol–water partition coefficient (Wildman–Crippen LogP) is 4.29. The summed E-state index contributed by atoms with van der Waals surface area (Å²) in [5.74, 6) is -0.800. The summed E-state index contributed by atoms with van der Waals surface area (Å²) in [6.07, 6.45) is -3.81. The number of carbonyl (C=O) groups excluding carboxylic acids is 1. The standard InChI is InChI=1S/C18H14F4N4O/c1-10-3-4-12(8-14(10)19)17(27)24-16-7-11(2)25-26(16)15-6-5-13(9-23-15)18(20,21)22/h3-9H,1-2H3,(H,24,27). The molecule has 27 heavy (non-hydrogen) atoms. The lowest BCUT2D eigenvalue weighted by Gasteiger charge is -2.10. The van der Waals surface area contributed by atoms with E-state index in [1.165, 1.54) is 22.9 Å². The number of aryl methyl sites for hydroxylation is 2. The average Bonchev–Trinajstić information content (AvgIpc) is 2.97. The summed E-state index contributed by atoms with van der Waals surface area (Å²) in [7, 11) is 0. The zero-order valence-corrected chi connectivity index (χ0v) is 14.3. The third kappa shape index (κ3) is 3.97. The lowest BCUT2D eigenvalue weighted by Crippen LogP contribution is -2.16. The molecule has 0 atom stereocenters. The van der Waals surface area contributed by atoms with Crippen LogP contribution in [0, 0.1) is 19.7 Å². The summed E-state index contributed by atoms with van der Waals surface area (Å²) in [6, 6.07) is 7.61. The molecule has 0 saturated heterocycles. The first kappa shape index (κ1) is 18.6. The molecule has 0 aliphatic heterocycles. The van der Waals surface area contributed by atoms with Crippen molar-refractivity contribution >= 4 is 11.7 Å². The highest BCUT2D eigenvalue weighted by Gasteiger charge is 2.30. The van der Waals surface area contributed by atoms with Crippen LogP contribution >= 0.6 is 0 Å². The maximum Gasteiger partial charge on any atom is 0.417 e. The molecule has 2 aromatic heterocycles. The van der Waals surface area contributed by atoms with Gasteiger partial charge in [-0.2, -0.15) is 23.0 Å². The summed E-state index contributed by atoms with van der Waals surface area (Å²) in [4.78, 5) is 16.1. The zero-order chi connectivity index (χ0) is 19.8. The molecule has 5 nitrogen and oxygen atoms in total. The van der Waals surface area contributed by atoms with Crippen LogP contribution in [0.25, 0.3) is 5.82 Å². The van der Waals surface area contributed by atoms with Crippen molar-refractivity contribution in [2.24, 2.45) is 0 Å². The Morgan fingerprint density at radius 2 is 1.85 bits per heavy atom. The molecule has 0 aliphatic carbocycles. The van der Waals surface area contributed by atoms with Gasteiger partial charge in [0.15, 0.2) is 5.82 Å². The Morgan fingerprint density at radius 3 is 2.44 bits per heavy atom. The van der Waals surface area contributed by atoms with Gasteiger partial charge in [0, 0.05) is 17.8 Å². The highest BCUT2D eigenvalue weighted by Crippen LogP contribution is 2.29. The molecule has 3 rings (SSSR count). The number of pyridine rings is 1. The van der Waals surface area contributed by atoms with Crippen molar-refractivity contribution in [2.75, 3.05) is 5.32 Å². The molecule has 9 heteroatoms. The Kier molecular flexibility index (Phi) is 4.69. The molecular formula is C18H14F4N4O. The van der Waals surface area contributed by atoms with Crippen molar-refractivity contribution in [1.29, 1.82) is 0 Å². The summed E-state index contributed by atoms with van der Waals surface area (Å²) in [6.45, 7) is 3.23. The molecule has 0 spiro atoms. The Morgan fingerprint density at radius 1 is 1.11 bits per heavy atom. The summed E-state index contributed by atoms with van der Waals surface area (Å²) in [5, 5.41) is 6.71. The lowest BCUT2D eigenvalue weighted by molar-refractivity contribution is -0.137. The van der Waals surface area contributed by atoms with Crippen molar-refractivity contribution in [3.63, 3.8) is 0 Å². The van der Waals surface area contributed by atoms with Crippen molar-refractivity contribution in [2.45, 2.75) is 20.0 Å². The number of halogens is 4. The summed E-state index contributed by atoms with van der Waals surface area (Å²) in [5.41, 5.74) is 0.128. The Bertz CT molecular complexity index is 994. The Hall–Kier alpha value is -3.23. The second kappa shape index (κ2) is 6.82. The molecule has 0 aliphatic rings. The predicted molar refractivity (Wildman–Crippen MR) is 90.2 cm³/mol. The number of nitrogens with zero attached hydrogens (tertiary/aromatic N) is 3. The monoisotopic (exact) mass is 378 g/mol. The van der Waals surface area contributed by atoms with Crippen LogP contribution in [0.15, 0.2) is 42.6 Å². The first-order chi connectivity index (χ1) is 12.6. The minimum Gasteiger partial charge on any atom is -0.306 e. The molecule has 140 valence electrons. The van der Waals surface area contributed by atoms with Crippen LogP contribution in [0.1, 0.15) is 27.2 Å². The van der Waals surface area contributed by atoms with Gasteiger partial charge >= 0.3 is 6.18 Å². The minimum atomic E-state index is -4.50. The number of anilines is 1. The van der Waals surface area contributed by atoms with Crippen LogP contribution in [0.2, 0.25) is 0 Å². The number of amides is 1. The normalized spacial score (nSPS) is 11.5. The van der Waals surface area contributed by atoms with Crippen LogP contribution in [0.4, 0.5) is 23.4 Å². The van der Waals surface area contributed by atoms with Crippen LogP contribution < -0.4 is 5.32 Å². The van der Waals surface area contributed by atoms with E-state index >= 15 is 0 Å². The van der Waals surface area contributed by atoms with Gasteiger partial charge in [0.2, 0.25) is 0 Å². The number of nitrogens with one attached hydrogen (secondary N) is 1. The fourth-order valence-electron chi connectivity index (χ4n) is 2.36. The SMILES string of the molecule is Cc1cc(NC(=O)c2ccc(C)c(F)c2)n(-c2ccc(C(F)(F)F)cn2)n1. The van der Waals surface area contributed by atoms with Crippen molar-refractivity contribution in [1.82, 2.24) is 14.8 Å². The molecular weight excluding hydrogens is 364 g/mol. The van der Waals surface area contributed by atoms with Gasteiger partial charge in [0.1, 0.15) is 11.6 Å². The van der Waals surface area contributed by atoms with Gasteiger partial charge in [0.05, 0.1) is 11.3 Å². The fraction of sp³-hybridized carbons (Fsp3) is 0.167. The van der Waals surface area contributed by atoms with E-state index in [4.69, 9.17) is 0 Å². The summed E-state index contributed by atoms with van der Waals surface area (Å²) >= 11 is 0. The number of hydrogen-bond acceptors (Lipinski definition) is 3. The second-order valence-corrected chi connectivity index (χ2v) is 5.90. The van der Waals surface area contributed by atoms with E-state index in [1.807, 2.05) is 0 Å². The topological polar surface area (TPSA) is 59.8 Å². The number of hydrogen-bond donors (Lipinski definition) is 1. The molecule has 0 fully saturated rings. The van der Waals surface area contributed by atoms with E-state index in [2.05, 4.69) is 15.4 Å². The quantitative estimate of drug-likeness (QED) is 0.692. The Labute approximate surface area is 151 Å². The van der Waals surface area contributed by atoms with E-state index < -0.39 is 23.5 Å². The average molecular weight is 378 g/mol. The van der Waals surface area contributed by atoms with Gasteiger partial charge in [-0.1, -0.05) is 6.07 Å². The Balaban J connectivity index is 1.90. The number of aromatic nitrogens is 3. The van der Waals surface area contributed by atoms with E-state index in [0.717, 1.165) is 18.2 Å². The zero-order valence-electron chi connectivity index (χ0n) is 14.3. The van der Waals surface area contributed by atoms with Crippen LogP contribution in [-0.2, 0) is 6.18 Å². The van der Waals surface area contributed by atoms with Crippen molar-refractivity contribution in [3.8, 4) is 5.82 Å². The molecule has 0 bridgehead atoms. The van der Waals surface area contributed by atoms with Gasteiger partial charge in [0.25, 0.3) is 5.91 Å². The largest absolute Gasteiger partial charge is 0.417 e. The van der Waals surface area contributed by atoms with E-state index in [9.17, 15) is 22.4 Å². The molecule has 1 aromatic carbocycles. The summed E-state index contributed by atoms with van der Waals surface area (Å²) < 4.78 is 52.9. The smallest absolute Gasteiger partial charge is 0.306 e. The number of carbonyl (C=O) groups is 1. The minimum absolute atomic E-state index is 0.0986. The van der Waals surface area contributed by atoms with E-state index in [0.29, 0.717) is 17.5 Å². The molecule has 1 N–H and O–H groups in total. The van der Waals surface area contributed by atoms with Gasteiger partial charge in [-0.3, -0.25) is 4.79 Å². The number of benzene rings is 1. The van der Waals surface area contributed by atoms with E-state index in [1.54, 1.807) is 13.8 Å². The highest BCUT2D eigenvalue weighted by atomic mass is 19.4. The van der Waals surface area contributed by atoms with Gasteiger partial charge < -0.3 is 5.32 Å². The molecule has 2 heterocycles. The molecule has 0 unspecified atom stereocenters. The fourth-order valence-corrected chi connectivity index (χ4v) is 2.36.